The van der Waals surface area contributed by atoms with E-state index in [-0.39, 0.29) is 0 Å². The van der Waals surface area contributed by atoms with E-state index in [1.54, 1.807) is 0 Å². The summed E-state index contributed by atoms with van der Waals surface area (Å²) in [7, 11) is 0. The number of nitrogens with one attached hydrogen (secondary N) is 1. The van der Waals surface area contributed by atoms with E-state index in [1.807, 2.05) is 11.8 Å². The van der Waals surface area contributed by atoms with Crippen LogP contribution in [0.2, 0.25) is 0 Å². The summed E-state index contributed by atoms with van der Waals surface area (Å²) in [4.78, 5) is 1.45. The highest BCUT2D eigenvalue weighted by Gasteiger charge is 2.22. The minimum atomic E-state index is 0.605. The number of benzene rings is 1. The van der Waals surface area contributed by atoms with Gasteiger partial charge in [0.05, 0.1) is 6.61 Å². The third-order valence-electron chi connectivity index (χ3n) is 3.95. The molecule has 1 saturated heterocycles. The Bertz CT molecular complexity index is 390. The van der Waals surface area contributed by atoms with Gasteiger partial charge in [0.1, 0.15) is 0 Å². The van der Waals surface area contributed by atoms with Crippen LogP contribution in [0.15, 0.2) is 29.2 Å². The predicted octanol–water partition coefficient (Wildman–Crippen LogP) is 2.89. The molecule has 0 saturated carbocycles. The molecule has 1 fully saturated rings. The highest BCUT2D eigenvalue weighted by atomic mass is 32.2. The number of hydrogen-bond donors (Lipinski definition) is 1. The van der Waals surface area contributed by atoms with E-state index in [1.165, 1.54) is 42.1 Å². The van der Waals surface area contributed by atoms with Crippen molar-refractivity contribution in [2.24, 2.45) is 5.92 Å². The maximum absolute atomic E-state index is 5.90. The van der Waals surface area contributed by atoms with Crippen LogP contribution >= 0.6 is 11.8 Å². The Morgan fingerprint density at radius 2 is 2.28 bits per heavy atom. The average Bonchev–Trinajstić information content (AvgIpc) is 3.04. The van der Waals surface area contributed by atoms with Crippen molar-refractivity contribution in [3.63, 3.8) is 0 Å². The fraction of sp³-hybridized carbons (Fsp3) is 0.600. The van der Waals surface area contributed by atoms with Gasteiger partial charge in [0.2, 0.25) is 0 Å². The fourth-order valence-corrected chi connectivity index (χ4v) is 4.04. The van der Waals surface area contributed by atoms with Crippen molar-refractivity contribution in [3.8, 4) is 0 Å². The van der Waals surface area contributed by atoms with Gasteiger partial charge in [-0.15, -0.1) is 11.8 Å². The van der Waals surface area contributed by atoms with Crippen LogP contribution in [0.4, 0.5) is 0 Å². The maximum atomic E-state index is 5.90. The molecule has 2 aliphatic heterocycles. The first-order chi connectivity index (χ1) is 8.93. The summed E-state index contributed by atoms with van der Waals surface area (Å²) >= 11 is 1.97. The standard InChI is InChI=1S/C15H21NOS/c1-2-4-15-14(3-1)13(11-18-15)10-17-8-6-12-5-7-16-9-12/h1-4,12-13,16H,5-11H2. The lowest BCUT2D eigenvalue weighted by atomic mass is 10.0. The van der Waals surface area contributed by atoms with Crippen LogP contribution in [-0.4, -0.2) is 32.1 Å². The Labute approximate surface area is 113 Å². The third-order valence-corrected chi connectivity index (χ3v) is 5.20. The van der Waals surface area contributed by atoms with Crippen LogP contribution in [0.25, 0.3) is 0 Å². The molecule has 1 aromatic carbocycles. The number of hydrogen-bond acceptors (Lipinski definition) is 3. The molecule has 18 heavy (non-hydrogen) atoms. The van der Waals surface area contributed by atoms with Gasteiger partial charge >= 0.3 is 0 Å². The molecule has 98 valence electrons. The summed E-state index contributed by atoms with van der Waals surface area (Å²) in [5.41, 5.74) is 1.49. The molecule has 0 bridgehead atoms. The lowest BCUT2D eigenvalue weighted by molar-refractivity contribution is 0.113. The van der Waals surface area contributed by atoms with Gasteiger partial charge in [-0.05, 0) is 43.5 Å². The Morgan fingerprint density at radius 1 is 1.33 bits per heavy atom. The van der Waals surface area contributed by atoms with Gasteiger partial charge in [-0.25, -0.2) is 0 Å². The average molecular weight is 263 g/mol. The Balaban J connectivity index is 1.41. The first kappa shape index (κ1) is 12.5. The zero-order valence-corrected chi connectivity index (χ0v) is 11.5. The molecule has 0 aliphatic carbocycles. The number of ether oxygens (including phenoxy) is 1. The van der Waals surface area contributed by atoms with Crippen molar-refractivity contribution in [1.82, 2.24) is 5.32 Å². The van der Waals surface area contributed by atoms with Crippen LogP contribution in [0.3, 0.4) is 0 Å². The summed E-state index contributed by atoms with van der Waals surface area (Å²) in [6.45, 7) is 4.20. The molecule has 2 aliphatic rings. The molecule has 0 spiro atoms. The van der Waals surface area contributed by atoms with Crippen LogP contribution in [0.1, 0.15) is 24.3 Å². The van der Waals surface area contributed by atoms with Crippen LogP contribution in [0, 0.1) is 5.92 Å². The van der Waals surface area contributed by atoms with E-state index < -0.39 is 0 Å². The van der Waals surface area contributed by atoms with Crippen molar-refractivity contribution >= 4 is 11.8 Å². The smallest absolute Gasteiger partial charge is 0.0543 e. The second-order valence-electron chi connectivity index (χ2n) is 5.27. The predicted molar refractivity (Wildman–Crippen MR) is 76.3 cm³/mol. The van der Waals surface area contributed by atoms with Crippen molar-refractivity contribution in [2.45, 2.75) is 23.7 Å². The molecule has 0 radical (unpaired) electrons. The van der Waals surface area contributed by atoms with Gasteiger partial charge in [-0.1, -0.05) is 18.2 Å². The molecule has 2 atom stereocenters. The lowest BCUT2D eigenvalue weighted by Crippen LogP contribution is -2.13. The largest absolute Gasteiger partial charge is 0.381 e. The summed E-state index contributed by atoms with van der Waals surface area (Å²) in [6, 6.07) is 8.75. The molecule has 1 aromatic rings. The molecule has 0 amide bonds. The molecule has 1 N–H and O–H groups in total. The van der Waals surface area contributed by atoms with Gasteiger partial charge in [0.15, 0.2) is 0 Å². The molecular formula is C15H21NOS. The highest BCUT2D eigenvalue weighted by Crippen LogP contribution is 2.39. The summed E-state index contributed by atoms with van der Waals surface area (Å²) in [5, 5.41) is 3.41. The summed E-state index contributed by atoms with van der Waals surface area (Å²) in [6.07, 6.45) is 2.54. The SMILES string of the molecule is c1ccc2c(c1)SCC2COCCC1CCNC1. The number of thioether (sulfide) groups is 1. The van der Waals surface area contributed by atoms with E-state index in [4.69, 9.17) is 4.74 Å². The molecular weight excluding hydrogens is 242 g/mol. The van der Waals surface area contributed by atoms with Gasteiger partial charge in [0, 0.05) is 23.2 Å². The van der Waals surface area contributed by atoms with Gasteiger partial charge in [-0.2, -0.15) is 0 Å². The second-order valence-corrected chi connectivity index (χ2v) is 6.33. The molecule has 3 rings (SSSR count). The van der Waals surface area contributed by atoms with E-state index in [0.717, 1.165) is 19.1 Å². The van der Waals surface area contributed by atoms with Gasteiger partial charge < -0.3 is 10.1 Å². The number of fused-ring (bicyclic) bond motifs is 1. The molecule has 2 nitrogen and oxygen atoms in total. The van der Waals surface area contributed by atoms with Gasteiger partial charge in [0.25, 0.3) is 0 Å². The van der Waals surface area contributed by atoms with Crippen molar-refractivity contribution < 1.29 is 4.74 Å². The van der Waals surface area contributed by atoms with Crippen LogP contribution in [0.5, 0.6) is 0 Å². The minimum Gasteiger partial charge on any atom is -0.381 e. The zero-order chi connectivity index (χ0) is 12.2. The molecule has 0 aromatic heterocycles. The van der Waals surface area contributed by atoms with Crippen LogP contribution < -0.4 is 5.32 Å². The quantitative estimate of drug-likeness (QED) is 0.825. The van der Waals surface area contributed by atoms with Crippen molar-refractivity contribution in [2.75, 3.05) is 32.1 Å². The maximum Gasteiger partial charge on any atom is 0.0543 e. The van der Waals surface area contributed by atoms with E-state index in [2.05, 4.69) is 29.6 Å². The Hall–Kier alpha value is -0.510. The molecule has 2 heterocycles. The Morgan fingerprint density at radius 3 is 3.17 bits per heavy atom. The number of rotatable bonds is 5. The van der Waals surface area contributed by atoms with Gasteiger partial charge in [-0.3, -0.25) is 0 Å². The van der Waals surface area contributed by atoms with E-state index in [0.29, 0.717) is 5.92 Å². The topological polar surface area (TPSA) is 21.3 Å². The first-order valence-electron chi connectivity index (χ1n) is 6.93. The minimum absolute atomic E-state index is 0.605. The third kappa shape index (κ3) is 2.90. The molecule has 3 heteroatoms. The molecule has 2 unspecified atom stereocenters. The van der Waals surface area contributed by atoms with E-state index >= 15 is 0 Å². The first-order valence-corrected chi connectivity index (χ1v) is 7.92. The van der Waals surface area contributed by atoms with Crippen molar-refractivity contribution in [3.05, 3.63) is 29.8 Å². The normalized spacial score (nSPS) is 26.4. The van der Waals surface area contributed by atoms with Crippen molar-refractivity contribution in [1.29, 1.82) is 0 Å². The second kappa shape index (κ2) is 6.09. The lowest BCUT2D eigenvalue weighted by Gasteiger charge is -2.13. The van der Waals surface area contributed by atoms with E-state index in [9.17, 15) is 0 Å². The zero-order valence-electron chi connectivity index (χ0n) is 10.7. The fourth-order valence-electron chi connectivity index (χ4n) is 2.80. The Kier molecular flexibility index (Phi) is 4.24. The summed E-state index contributed by atoms with van der Waals surface area (Å²) in [5.74, 6) is 2.63. The monoisotopic (exact) mass is 263 g/mol. The van der Waals surface area contributed by atoms with Crippen LogP contribution in [-0.2, 0) is 4.74 Å². The summed E-state index contributed by atoms with van der Waals surface area (Å²) < 4.78 is 5.90. The highest BCUT2D eigenvalue weighted by molar-refractivity contribution is 7.99.